The van der Waals surface area contributed by atoms with Gasteiger partial charge < -0.3 is 5.32 Å². The van der Waals surface area contributed by atoms with Crippen LogP contribution in [0, 0.1) is 0 Å². The van der Waals surface area contributed by atoms with Crippen molar-refractivity contribution < 1.29 is 0 Å². The molecule has 0 bridgehead atoms. The predicted octanol–water partition coefficient (Wildman–Crippen LogP) is 2.73. The van der Waals surface area contributed by atoms with Gasteiger partial charge in [-0.3, -0.25) is 4.90 Å². The molecule has 1 aliphatic heterocycles. The van der Waals surface area contributed by atoms with Gasteiger partial charge in [0.15, 0.2) is 0 Å². The molecule has 0 aromatic carbocycles. The fourth-order valence-electron chi connectivity index (χ4n) is 3.45. The van der Waals surface area contributed by atoms with Crippen LogP contribution in [-0.2, 0) is 0 Å². The Morgan fingerprint density at radius 3 is 2.88 bits per heavy atom. The molecule has 2 aliphatic rings. The number of nitrogens with one attached hydrogen (secondary N) is 1. The zero-order valence-electron chi connectivity index (χ0n) is 11.6. The van der Waals surface area contributed by atoms with E-state index < -0.39 is 0 Å². The summed E-state index contributed by atoms with van der Waals surface area (Å²) in [5.41, 5.74) is 0. The second-order valence-corrected chi connectivity index (χ2v) is 6.88. The quantitative estimate of drug-likeness (QED) is 0.836. The average molecular weight is 256 g/mol. The minimum Gasteiger partial charge on any atom is -0.311 e. The van der Waals surface area contributed by atoms with Gasteiger partial charge in [0.05, 0.1) is 0 Å². The van der Waals surface area contributed by atoms with Gasteiger partial charge in [-0.25, -0.2) is 0 Å². The molecule has 0 spiro atoms. The van der Waals surface area contributed by atoms with Crippen LogP contribution in [0.5, 0.6) is 0 Å². The first-order valence-corrected chi connectivity index (χ1v) is 8.55. The molecule has 1 aliphatic carbocycles. The summed E-state index contributed by atoms with van der Waals surface area (Å²) in [7, 11) is 0. The highest BCUT2D eigenvalue weighted by Gasteiger charge is 2.33. The molecule has 17 heavy (non-hydrogen) atoms. The largest absolute Gasteiger partial charge is 0.311 e. The summed E-state index contributed by atoms with van der Waals surface area (Å²) in [5, 5.41) is 4.54. The number of nitrogens with zero attached hydrogens (tertiary/aromatic N) is 1. The van der Waals surface area contributed by atoms with E-state index in [0.717, 1.165) is 17.3 Å². The predicted molar refractivity (Wildman–Crippen MR) is 77.8 cm³/mol. The van der Waals surface area contributed by atoms with Gasteiger partial charge in [-0.2, -0.15) is 11.8 Å². The molecule has 1 saturated carbocycles. The van der Waals surface area contributed by atoms with Crippen molar-refractivity contribution in [1.82, 2.24) is 10.2 Å². The van der Waals surface area contributed by atoms with E-state index in [2.05, 4.69) is 42.1 Å². The lowest BCUT2D eigenvalue weighted by Crippen LogP contribution is -2.59. The molecule has 0 aromatic rings. The lowest BCUT2D eigenvalue weighted by atomic mass is 9.91. The molecule has 1 N–H and O–H groups in total. The zero-order chi connectivity index (χ0) is 12.3. The number of thioether (sulfide) groups is 1. The molecule has 100 valence electrons. The number of piperazine rings is 1. The summed E-state index contributed by atoms with van der Waals surface area (Å²) in [6.07, 6.45) is 9.30. The molecule has 4 unspecified atom stereocenters. The third-order valence-corrected chi connectivity index (χ3v) is 5.62. The molecule has 0 radical (unpaired) electrons. The Bertz CT molecular complexity index is 234. The van der Waals surface area contributed by atoms with Crippen molar-refractivity contribution in [1.29, 1.82) is 0 Å². The molecular formula is C14H28N2S. The van der Waals surface area contributed by atoms with Gasteiger partial charge in [-0.05, 0) is 38.9 Å². The highest BCUT2D eigenvalue weighted by atomic mass is 32.2. The first-order valence-electron chi connectivity index (χ1n) is 7.26. The Labute approximate surface area is 111 Å². The zero-order valence-corrected chi connectivity index (χ0v) is 12.4. The van der Waals surface area contributed by atoms with E-state index in [-0.39, 0.29) is 0 Å². The molecule has 1 saturated heterocycles. The summed E-state index contributed by atoms with van der Waals surface area (Å²) in [6.45, 7) is 7.11. The Morgan fingerprint density at radius 2 is 2.18 bits per heavy atom. The van der Waals surface area contributed by atoms with Crippen LogP contribution in [0.25, 0.3) is 0 Å². The van der Waals surface area contributed by atoms with E-state index in [0.29, 0.717) is 6.04 Å². The molecule has 1 heterocycles. The van der Waals surface area contributed by atoms with Crippen LogP contribution in [-0.4, -0.2) is 47.6 Å². The third kappa shape index (κ3) is 3.39. The maximum atomic E-state index is 3.63. The highest BCUT2D eigenvalue weighted by molar-refractivity contribution is 7.99. The molecule has 2 nitrogen and oxygen atoms in total. The smallest absolute Gasteiger partial charge is 0.0221 e. The van der Waals surface area contributed by atoms with Gasteiger partial charge >= 0.3 is 0 Å². The van der Waals surface area contributed by atoms with E-state index in [9.17, 15) is 0 Å². The van der Waals surface area contributed by atoms with E-state index in [1.165, 1.54) is 45.2 Å². The minimum absolute atomic E-state index is 0.674. The Hall–Kier alpha value is 0.270. The SMILES string of the molecule is CCC1CNC(C)CN1C1CCCC(SC)C1. The van der Waals surface area contributed by atoms with Crippen molar-refractivity contribution in [2.45, 2.75) is 69.3 Å². The summed E-state index contributed by atoms with van der Waals surface area (Å²) < 4.78 is 0. The molecule has 0 aromatic heterocycles. The van der Waals surface area contributed by atoms with E-state index in [1.807, 2.05) is 0 Å². The topological polar surface area (TPSA) is 15.3 Å². The first-order chi connectivity index (χ1) is 8.24. The van der Waals surface area contributed by atoms with E-state index in [4.69, 9.17) is 0 Å². The van der Waals surface area contributed by atoms with Crippen LogP contribution in [0.1, 0.15) is 46.0 Å². The monoisotopic (exact) mass is 256 g/mol. The standard InChI is InChI=1S/C14H28N2S/c1-4-12-9-15-11(2)10-16(12)13-6-5-7-14(8-13)17-3/h11-15H,4-10H2,1-3H3. The Balaban J connectivity index is 1.97. The van der Waals surface area contributed by atoms with Gasteiger partial charge in [0.1, 0.15) is 0 Å². The van der Waals surface area contributed by atoms with E-state index in [1.54, 1.807) is 0 Å². The van der Waals surface area contributed by atoms with Crippen molar-refractivity contribution in [2.75, 3.05) is 19.3 Å². The molecule has 2 rings (SSSR count). The molecule has 2 fully saturated rings. The van der Waals surface area contributed by atoms with Gasteiger partial charge in [-0.15, -0.1) is 0 Å². The minimum atomic E-state index is 0.674. The maximum Gasteiger partial charge on any atom is 0.0221 e. The van der Waals surface area contributed by atoms with Crippen LogP contribution in [0.15, 0.2) is 0 Å². The number of rotatable bonds is 3. The van der Waals surface area contributed by atoms with Crippen LogP contribution in [0.3, 0.4) is 0 Å². The van der Waals surface area contributed by atoms with Crippen molar-refractivity contribution in [3.05, 3.63) is 0 Å². The number of hydrogen-bond acceptors (Lipinski definition) is 3. The van der Waals surface area contributed by atoms with Crippen LogP contribution >= 0.6 is 11.8 Å². The lowest BCUT2D eigenvalue weighted by Gasteiger charge is -2.46. The van der Waals surface area contributed by atoms with Crippen LogP contribution < -0.4 is 5.32 Å². The van der Waals surface area contributed by atoms with Gasteiger partial charge in [-0.1, -0.05) is 13.3 Å². The van der Waals surface area contributed by atoms with Crippen molar-refractivity contribution in [3.8, 4) is 0 Å². The molecule has 0 amide bonds. The lowest BCUT2D eigenvalue weighted by molar-refractivity contribution is 0.0644. The Kier molecular flexibility index (Phi) is 5.19. The fourth-order valence-corrected chi connectivity index (χ4v) is 4.26. The fraction of sp³-hybridized carbons (Fsp3) is 1.00. The highest BCUT2D eigenvalue weighted by Crippen LogP contribution is 2.31. The van der Waals surface area contributed by atoms with Crippen molar-refractivity contribution in [3.63, 3.8) is 0 Å². The van der Waals surface area contributed by atoms with Crippen molar-refractivity contribution >= 4 is 11.8 Å². The summed E-state index contributed by atoms with van der Waals surface area (Å²) >= 11 is 2.08. The van der Waals surface area contributed by atoms with Crippen LogP contribution in [0.2, 0.25) is 0 Å². The number of hydrogen-bond donors (Lipinski definition) is 1. The summed E-state index contributed by atoms with van der Waals surface area (Å²) in [5.74, 6) is 0. The van der Waals surface area contributed by atoms with Gasteiger partial charge in [0.25, 0.3) is 0 Å². The second-order valence-electron chi connectivity index (χ2n) is 5.75. The van der Waals surface area contributed by atoms with Crippen molar-refractivity contribution in [2.24, 2.45) is 0 Å². The normalized spacial score (nSPS) is 40.4. The Morgan fingerprint density at radius 1 is 1.35 bits per heavy atom. The van der Waals surface area contributed by atoms with E-state index >= 15 is 0 Å². The molecule has 4 atom stereocenters. The molecular weight excluding hydrogens is 228 g/mol. The maximum absolute atomic E-state index is 3.63. The van der Waals surface area contributed by atoms with Crippen LogP contribution in [0.4, 0.5) is 0 Å². The summed E-state index contributed by atoms with van der Waals surface area (Å²) in [6, 6.07) is 2.31. The summed E-state index contributed by atoms with van der Waals surface area (Å²) in [4.78, 5) is 2.82. The first kappa shape index (κ1) is 13.7. The second kappa shape index (κ2) is 6.44. The average Bonchev–Trinajstić information content (AvgIpc) is 2.39. The van der Waals surface area contributed by atoms with Gasteiger partial charge in [0.2, 0.25) is 0 Å². The molecule has 3 heteroatoms. The third-order valence-electron chi connectivity index (χ3n) is 4.53. The van der Waals surface area contributed by atoms with Gasteiger partial charge in [0, 0.05) is 36.5 Å².